The molecule has 3 rings (SSSR count). The van der Waals surface area contributed by atoms with E-state index >= 15 is 0 Å². The summed E-state index contributed by atoms with van der Waals surface area (Å²) in [7, 11) is 1.22. The number of hydrogen-bond acceptors (Lipinski definition) is 7. The molecule has 1 aliphatic heterocycles. The summed E-state index contributed by atoms with van der Waals surface area (Å²) in [6.07, 6.45) is -2.05. The highest BCUT2D eigenvalue weighted by atomic mass is 79.9. The fraction of sp³-hybridized carbons (Fsp3) is 0.348. The maximum Gasteiger partial charge on any atom is 0.328 e. The number of anilines is 1. The van der Waals surface area contributed by atoms with Crippen LogP contribution in [0.5, 0.6) is 0 Å². The van der Waals surface area contributed by atoms with Gasteiger partial charge in [-0.2, -0.15) is 0 Å². The Morgan fingerprint density at radius 3 is 2.38 bits per heavy atom. The first-order valence-electron chi connectivity index (χ1n) is 10.1. The summed E-state index contributed by atoms with van der Waals surface area (Å²) in [5.41, 5.74) is 1.40. The molecule has 2 aromatic carbocycles. The third kappa shape index (κ3) is 5.66. The maximum absolute atomic E-state index is 13.3. The standard InChI is InChI=1S/C23H25BrN2O6/c1-14(27)32-18-12-19(23(30)31-2)26(13-18)22(29)21(28)20(15-6-4-3-5-7-15)25-17-10-8-16(24)9-11-17/h3-11,18-21,25,28H,12-13H2,1-2H3/t18-,19-,20+,21+/m0/s1. The van der Waals surface area contributed by atoms with Gasteiger partial charge in [-0.1, -0.05) is 46.3 Å². The van der Waals surface area contributed by atoms with Crippen molar-refractivity contribution in [2.75, 3.05) is 19.0 Å². The molecular weight excluding hydrogens is 480 g/mol. The number of carbonyl (C=O) groups is 3. The summed E-state index contributed by atoms with van der Waals surface area (Å²) in [5, 5.41) is 14.3. The van der Waals surface area contributed by atoms with Crippen LogP contribution in [0, 0.1) is 0 Å². The SMILES string of the molecule is COC(=O)[C@@H]1C[C@H](OC(C)=O)CN1C(=O)[C@H](O)[C@H](Nc1ccc(Br)cc1)c1ccccc1. The van der Waals surface area contributed by atoms with Gasteiger partial charge in [-0.3, -0.25) is 9.59 Å². The largest absolute Gasteiger partial charge is 0.467 e. The quantitative estimate of drug-likeness (QED) is 0.558. The average molecular weight is 505 g/mol. The second-order valence-electron chi connectivity index (χ2n) is 7.48. The van der Waals surface area contributed by atoms with Gasteiger partial charge in [0.2, 0.25) is 0 Å². The van der Waals surface area contributed by atoms with E-state index in [0.717, 1.165) is 4.47 Å². The number of halogens is 1. The Labute approximate surface area is 194 Å². The predicted octanol–water partition coefficient (Wildman–Crippen LogP) is 2.67. The van der Waals surface area contributed by atoms with Gasteiger partial charge in [0.25, 0.3) is 5.91 Å². The zero-order valence-corrected chi connectivity index (χ0v) is 19.3. The van der Waals surface area contributed by atoms with Crippen LogP contribution in [-0.2, 0) is 23.9 Å². The first-order chi connectivity index (χ1) is 15.3. The van der Waals surface area contributed by atoms with Gasteiger partial charge in [0.05, 0.1) is 19.7 Å². The Bertz CT molecular complexity index is 953. The summed E-state index contributed by atoms with van der Waals surface area (Å²) in [6, 6.07) is 14.7. The number of aliphatic hydroxyl groups excluding tert-OH is 1. The van der Waals surface area contributed by atoms with Crippen molar-refractivity contribution in [2.24, 2.45) is 0 Å². The molecule has 1 saturated heterocycles. The minimum absolute atomic E-state index is 0.00493. The highest BCUT2D eigenvalue weighted by molar-refractivity contribution is 9.10. The summed E-state index contributed by atoms with van der Waals surface area (Å²) in [4.78, 5) is 38.2. The number of benzene rings is 2. The van der Waals surface area contributed by atoms with E-state index in [-0.39, 0.29) is 13.0 Å². The van der Waals surface area contributed by atoms with E-state index in [0.29, 0.717) is 11.3 Å². The number of aliphatic hydroxyl groups is 1. The molecule has 0 unspecified atom stereocenters. The van der Waals surface area contributed by atoms with Gasteiger partial charge in [-0.05, 0) is 29.8 Å². The highest BCUT2D eigenvalue weighted by Crippen LogP contribution is 2.28. The number of esters is 2. The molecule has 170 valence electrons. The summed E-state index contributed by atoms with van der Waals surface area (Å²) < 4.78 is 10.9. The minimum atomic E-state index is -1.51. The third-order valence-corrected chi connectivity index (χ3v) is 5.77. The minimum Gasteiger partial charge on any atom is -0.467 e. The van der Waals surface area contributed by atoms with Crippen LogP contribution in [0.1, 0.15) is 24.9 Å². The second-order valence-corrected chi connectivity index (χ2v) is 8.40. The van der Waals surface area contributed by atoms with E-state index in [1.807, 2.05) is 42.5 Å². The van der Waals surface area contributed by atoms with Crippen molar-refractivity contribution in [2.45, 2.75) is 37.6 Å². The summed E-state index contributed by atoms with van der Waals surface area (Å²) >= 11 is 3.39. The molecule has 0 spiro atoms. The Hall–Kier alpha value is -2.91. The molecule has 32 heavy (non-hydrogen) atoms. The van der Waals surface area contributed by atoms with Crippen molar-refractivity contribution in [1.29, 1.82) is 0 Å². The van der Waals surface area contributed by atoms with Gasteiger partial charge in [0.1, 0.15) is 12.1 Å². The fourth-order valence-electron chi connectivity index (χ4n) is 3.76. The number of methoxy groups -OCH3 is 1. The first-order valence-corrected chi connectivity index (χ1v) is 10.9. The lowest BCUT2D eigenvalue weighted by Crippen LogP contribution is -2.48. The first kappa shape index (κ1) is 23.7. The van der Waals surface area contributed by atoms with Crippen LogP contribution in [0.4, 0.5) is 5.69 Å². The number of nitrogens with one attached hydrogen (secondary N) is 1. The number of ether oxygens (including phenoxy) is 2. The molecule has 0 saturated carbocycles. The topological polar surface area (TPSA) is 105 Å². The van der Waals surface area contributed by atoms with Crippen molar-refractivity contribution in [1.82, 2.24) is 4.90 Å². The predicted molar refractivity (Wildman–Crippen MR) is 121 cm³/mol. The highest BCUT2D eigenvalue weighted by Gasteiger charge is 2.45. The summed E-state index contributed by atoms with van der Waals surface area (Å²) in [5.74, 6) is -1.79. The molecule has 0 aromatic heterocycles. The van der Waals surface area contributed by atoms with E-state index in [2.05, 4.69) is 21.2 Å². The molecule has 4 atom stereocenters. The Morgan fingerprint density at radius 1 is 1.12 bits per heavy atom. The number of hydrogen-bond donors (Lipinski definition) is 2. The lowest BCUT2D eigenvalue weighted by molar-refractivity contribution is -0.154. The molecule has 2 N–H and O–H groups in total. The Balaban J connectivity index is 1.87. The van der Waals surface area contributed by atoms with E-state index in [1.165, 1.54) is 18.9 Å². The molecule has 1 aliphatic rings. The van der Waals surface area contributed by atoms with Crippen LogP contribution in [-0.4, -0.2) is 59.8 Å². The Kier molecular flexibility index (Phi) is 7.87. The van der Waals surface area contributed by atoms with Crippen LogP contribution in [0.25, 0.3) is 0 Å². The van der Waals surface area contributed by atoms with Crippen molar-refractivity contribution in [3.05, 3.63) is 64.6 Å². The second kappa shape index (κ2) is 10.6. The van der Waals surface area contributed by atoms with E-state index in [1.54, 1.807) is 12.1 Å². The van der Waals surface area contributed by atoms with Gasteiger partial charge in [0.15, 0.2) is 6.10 Å². The molecule has 0 radical (unpaired) electrons. The van der Waals surface area contributed by atoms with Gasteiger partial charge in [-0.15, -0.1) is 0 Å². The van der Waals surface area contributed by atoms with Crippen LogP contribution in [0.2, 0.25) is 0 Å². The molecule has 1 fully saturated rings. The van der Waals surface area contributed by atoms with Crippen LogP contribution in [0.15, 0.2) is 59.1 Å². The van der Waals surface area contributed by atoms with Crippen molar-refractivity contribution < 1.29 is 29.0 Å². The number of nitrogens with zero attached hydrogens (tertiary/aromatic N) is 1. The van der Waals surface area contributed by atoms with Gasteiger partial charge in [0, 0.05) is 23.5 Å². The van der Waals surface area contributed by atoms with E-state index in [9.17, 15) is 19.5 Å². The molecule has 0 bridgehead atoms. The molecule has 1 heterocycles. The molecular formula is C23H25BrN2O6. The normalized spacial score (nSPS) is 19.7. The molecule has 2 aromatic rings. The maximum atomic E-state index is 13.3. The van der Waals surface area contributed by atoms with Gasteiger partial charge in [-0.25, -0.2) is 4.79 Å². The van der Waals surface area contributed by atoms with Crippen LogP contribution >= 0.6 is 15.9 Å². The summed E-state index contributed by atoms with van der Waals surface area (Å²) in [6.45, 7) is 1.26. The molecule has 1 amide bonds. The zero-order chi connectivity index (χ0) is 23.3. The average Bonchev–Trinajstić information content (AvgIpc) is 3.20. The third-order valence-electron chi connectivity index (χ3n) is 5.25. The number of amides is 1. The number of carbonyl (C=O) groups excluding carboxylic acids is 3. The molecule has 9 heteroatoms. The van der Waals surface area contributed by atoms with Gasteiger partial charge < -0.3 is 24.8 Å². The Morgan fingerprint density at radius 2 is 1.78 bits per heavy atom. The zero-order valence-electron chi connectivity index (χ0n) is 17.7. The van der Waals surface area contributed by atoms with Crippen molar-refractivity contribution in [3.63, 3.8) is 0 Å². The lowest BCUT2D eigenvalue weighted by atomic mass is 9.99. The molecule has 8 nitrogen and oxygen atoms in total. The fourth-order valence-corrected chi connectivity index (χ4v) is 4.03. The van der Waals surface area contributed by atoms with Crippen LogP contribution in [0.3, 0.4) is 0 Å². The van der Waals surface area contributed by atoms with E-state index < -0.39 is 42.1 Å². The van der Waals surface area contributed by atoms with Crippen molar-refractivity contribution in [3.8, 4) is 0 Å². The monoisotopic (exact) mass is 504 g/mol. The molecule has 0 aliphatic carbocycles. The lowest BCUT2D eigenvalue weighted by Gasteiger charge is -2.30. The van der Waals surface area contributed by atoms with Crippen molar-refractivity contribution >= 4 is 39.5 Å². The van der Waals surface area contributed by atoms with Crippen LogP contribution < -0.4 is 5.32 Å². The van der Waals surface area contributed by atoms with Gasteiger partial charge >= 0.3 is 11.9 Å². The number of rotatable bonds is 7. The number of likely N-dealkylation sites (tertiary alicyclic amines) is 1. The van der Waals surface area contributed by atoms with E-state index in [4.69, 9.17) is 9.47 Å². The smallest absolute Gasteiger partial charge is 0.328 e.